The highest BCUT2D eigenvalue weighted by molar-refractivity contribution is 5.78. The van der Waals surface area contributed by atoms with Gasteiger partial charge in [0.15, 0.2) is 0 Å². The van der Waals surface area contributed by atoms with Gasteiger partial charge < -0.3 is 19.7 Å². The molecule has 0 spiro atoms. The van der Waals surface area contributed by atoms with Crippen LogP contribution in [-0.4, -0.2) is 68.5 Å². The third kappa shape index (κ3) is 6.52. The lowest BCUT2D eigenvalue weighted by Gasteiger charge is -2.36. The van der Waals surface area contributed by atoms with E-state index >= 15 is 0 Å². The molecule has 0 aromatic carbocycles. The van der Waals surface area contributed by atoms with E-state index < -0.39 is 0 Å². The summed E-state index contributed by atoms with van der Waals surface area (Å²) in [5.41, 5.74) is 0.950. The summed E-state index contributed by atoms with van der Waals surface area (Å²) in [4.78, 5) is 42.1. The Morgan fingerprint density at radius 1 is 1.18 bits per heavy atom. The molecule has 178 valence electrons. The van der Waals surface area contributed by atoms with Crippen LogP contribution in [0.25, 0.3) is 0 Å². The number of likely N-dealkylation sites (tertiary alicyclic amines) is 1. The topological polar surface area (TPSA) is 96.2 Å². The van der Waals surface area contributed by atoms with Crippen LogP contribution < -0.4 is 10.2 Å². The minimum absolute atomic E-state index is 0.0748. The monoisotopic (exact) mass is 453 g/mol. The Morgan fingerprint density at radius 3 is 2.88 bits per heavy atom. The molecule has 4 heterocycles. The maximum atomic E-state index is 12.7. The number of amides is 2. The van der Waals surface area contributed by atoms with Crippen molar-refractivity contribution >= 4 is 17.6 Å². The molecule has 0 saturated carbocycles. The summed E-state index contributed by atoms with van der Waals surface area (Å²) in [6.07, 6.45) is 12.4. The molecule has 2 aliphatic rings. The maximum Gasteiger partial charge on any atom is 0.222 e. The molecule has 9 nitrogen and oxygen atoms in total. The SMILES string of the molecule is Cc1cc(N2CCCCC2CC(=O)NCCCN2CCCC2=O)nc(CCn2ccnc2)n1. The summed E-state index contributed by atoms with van der Waals surface area (Å²) in [6, 6.07) is 2.18. The second kappa shape index (κ2) is 11.2. The van der Waals surface area contributed by atoms with Crippen molar-refractivity contribution in [2.45, 2.75) is 70.9 Å². The van der Waals surface area contributed by atoms with Crippen LogP contribution in [0.15, 0.2) is 24.8 Å². The van der Waals surface area contributed by atoms with Crippen molar-refractivity contribution in [2.24, 2.45) is 0 Å². The quantitative estimate of drug-likeness (QED) is 0.554. The molecule has 1 atom stereocenters. The number of hydrogen-bond acceptors (Lipinski definition) is 6. The minimum Gasteiger partial charge on any atom is -0.356 e. The Morgan fingerprint density at radius 2 is 2.09 bits per heavy atom. The van der Waals surface area contributed by atoms with Crippen LogP contribution in [0.4, 0.5) is 5.82 Å². The lowest BCUT2D eigenvalue weighted by atomic mass is 9.99. The zero-order chi connectivity index (χ0) is 23.0. The lowest BCUT2D eigenvalue weighted by Crippen LogP contribution is -2.43. The molecule has 2 aromatic rings. The molecule has 0 aliphatic carbocycles. The van der Waals surface area contributed by atoms with Gasteiger partial charge in [0, 0.05) is 82.2 Å². The van der Waals surface area contributed by atoms with E-state index in [9.17, 15) is 9.59 Å². The Bertz CT molecular complexity index is 931. The van der Waals surface area contributed by atoms with Crippen molar-refractivity contribution in [3.63, 3.8) is 0 Å². The Kier molecular flexibility index (Phi) is 7.91. The number of carbonyl (C=O) groups is 2. The largest absolute Gasteiger partial charge is 0.356 e. The second-order valence-corrected chi connectivity index (χ2v) is 9.07. The van der Waals surface area contributed by atoms with Crippen LogP contribution in [0.3, 0.4) is 0 Å². The fourth-order valence-electron chi connectivity index (χ4n) is 4.76. The van der Waals surface area contributed by atoms with Gasteiger partial charge in [-0.2, -0.15) is 0 Å². The molecule has 33 heavy (non-hydrogen) atoms. The summed E-state index contributed by atoms with van der Waals surface area (Å²) in [5.74, 6) is 2.06. The van der Waals surface area contributed by atoms with E-state index in [0.29, 0.717) is 19.4 Å². The van der Waals surface area contributed by atoms with Gasteiger partial charge in [0.05, 0.1) is 6.33 Å². The van der Waals surface area contributed by atoms with E-state index in [4.69, 9.17) is 4.98 Å². The van der Waals surface area contributed by atoms with Crippen LogP contribution in [0, 0.1) is 6.92 Å². The number of anilines is 1. The molecule has 1 unspecified atom stereocenters. The number of aromatic nitrogens is 4. The van der Waals surface area contributed by atoms with Crippen LogP contribution in [0.5, 0.6) is 0 Å². The molecular formula is C24H35N7O2. The van der Waals surface area contributed by atoms with Gasteiger partial charge in [-0.15, -0.1) is 0 Å². The zero-order valence-electron chi connectivity index (χ0n) is 19.6. The first-order valence-corrected chi connectivity index (χ1v) is 12.2. The summed E-state index contributed by atoms with van der Waals surface area (Å²) in [6.45, 7) is 5.90. The molecule has 2 fully saturated rings. The third-order valence-corrected chi connectivity index (χ3v) is 6.48. The summed E-state index contributed by atoms with van der Waals surface area (Å²) in [7, 11) is 0. The fourth-order valence-corrected chi connectivity index (χ4v) is 4.76. The number of imidazole rings is 1. The number of rotatable bonds is 10. The van der Waals surface area contributed by atoms with Crippen LogP contribution >= 0.6 is 0 Å². The number of nitrogens with one attached hydrogen (secondary N) is 1. The van der Waals surface area contributed by atoms with Crippen LogP contribution in [-0.2, 0) is 22.6 Å². The Balaban J connectivity index is 1.30. The normalized spacial score (nSPS) is 18.7. The van der Waals surface area contributed by atoms with E-state index in [1.807, 2.05) is 28.7 Å². The minimum atomic E-state index is 0.0748. The van der Waals surface area contributed by atoms with Gasteiger partial charge >= 0.3 is 0 Å². The molecule has 2 saturated heterocycles. The highest BCUT2D eigenvalue weighted by atomic mass is 16.2. The van der Waals surface area contributed by atoms with Gasteiger partial charge in [-0.05, 0) is 39.0 Å². The van der Waals surface area contributed by atoms with Gasteiger partial charge in [0.1, 0.15) is 11.6 Å². The van der Waals surface area contributed by atoms with Crippen LogP contribution in [0.1, 0.15) is 56.5 Å². The number of nitrogens with zero attached hydrogens (tertiary/aromatic N) is 6. The Labute approximate surface area is 195 Å². The van der Waals surface area contributed by atoms with Gasteiger partial charge in [0.25, 0.3) is 0 Å². The Hall–Kier alpha value is -2.97. The van der Waals surface area contributed by atoms with E-state index in [1.165, 1.54) is 0 Å². The first kappa shape index (κ1) is 23.2. The standard InChI is InChI=1S/C24H35N7O2/c1-19-16-22(28-21(27-19)8-14-29-15-10-25-18-29)31-13-3-2-6-20(31)17-23(32)26-9-5-12-30-11-4-7-24(30)33/h10,15-16,18,20H,2-9,11-14,17H2,1H3,(H,26,32). The number of piperidine rings is 1. The highest BCUT2D eigenvalue weighted by Crippen LogP contribution is 2.26. The van der Waals surface area contributed by atoms with E-state index in [2.05, 4.69) is 20.2 Å². The first-order valence-electron chi connectivity index (χ1n) is 12.2. The van der Waals surface area contributed by atoms with E-state index in [-0.39, 0.29) is 17.9 Å². The van der Waals surface area contributed by atoms with Crippen molar-refractivity contribution in [2.75, 3.05) is 31.1 Å². The molecular weight excluding hydrogens is 418 g/mol. The number of carbonyl (C=O) groups excluding carboxylic acids is 2. The molecule has 2 aromatic heterocycles. The van der Waals surface area contributed by atoms with Gasteiger partial charge in [0.2, 0.25) is 11.8 Å². The van der Waals surface area contributed by atoms with E-state index in [0.717, 1.165) is 82.0 Å². The third-order valence-electron chi connectivity index (χ3n) is 6.48. The van der Waals surface area contributed by atoms with Gasteiger partial charge in [-0.3, -0.25) is 9.59 Å². The lowest BCUT2D eigenvalue weighted by molar-refractivity contribution is -0.127. The van der Waals surface area contributed by atoms with Crippen molar-refractivity contribution in [1.29, 1.82) is 0 Å². The zero-order valence-corrected chi connectivity index (χ0v) is 19.6. The van der Waals surface area contributed by atoms with E-state index in [1.54, 1.807) is 12.5 Å². The van der Waals surface area contributed by atoms with Crippen LogP contribution in [0.2, 0.25) is 0 Å². The molecule has 9 heteroatoms. The summed E-state index contributed by atoms with van der Waals surface area (Å²) < 4.78 is 2.03. The second-order valence-electron chi connectivity index (χ2n) is 9.07. The smallest absolute Gasteiger partial charge is 0.222 e. The summed E-state index contributed by atoms with van der Waals surface area (Å²) in [5, 5.41) is 3.05. The molecule has 0 radical (unpaired) electrons. The van der Waals surface area contributed by atoms with Crippen molar-refractivity contribution < 1.29 is 9.59 Å². The molecule has 0 bridgehead atoms. The fraction of sp³-hybridized carbons (Fsp3) is 0.625. The van der Waals surface area contributed by atoms with Gasteiger partial charge in [-0.25, -0.2) is 15.0 Å². The molecule has 2 amide bonds. The predicted molar refractivity (Wildman–Crippen MR) is 126 cm³/mol. The number of aryl methyl sites for hydroxylation is 3. The van der Waals surface area contributed by atoms with Crippen molar-refractivity contribution in [3.8, 4) is 0 Å². The number of hydrogen-bond donors (Lipinski definition) is 1. The molecule has 4 rings (SSSR count). The molecule has 2 aliphatic heterocycles. The van der Waals surface area contributed by atoms with Gasteiger partial charge in [-0.1, -0.05) is 0 Å². The average Bonchev–Trinajstić information content (AvgIpc) is 3.47. The average molecular weight is 454 g/mol. The van der Waals surface area contributed by atoms with Crippen molar-refractivity contribution in [1.82, 2.24) is 29.7 Å². The maximum absolute atomic E-state index is 12.7. The highest BCUT2D eigenvalue weighted by Gasteiger charge is 2.26. The van der Waals surface area contributed by atoms with Crippen molar-refractivity contribution in [3.05, 3.63) is 36.3 Å². The summed E-state index contributed by atoms with van der Waals surface area (Å²) >= 11 is 0. The molecule has 1 N–H and O–H groups in total. The predicted octanol–water partition coefficient (Wildman–Crippen LogP) is 2.10. The first-order chi connectivity index (χ1) is 16.1.